The molecule has 0 aromatic rings. The van der Waals surface area contributed by atoms with Gasteiger partial charge in [-0.3, -0.25) is 0 Å². The second kappa shape index (κ2) is 5.52. The van der Waals surface area contributed by atoms with Crippen molar-refractivity contribution in [2.75, 3.05) is 0 Å². The van der Waals surface area contributed by atoms with Gasteiger partial charge >= 0.3 is 47.9 Å². The van der Waals surface area contributed by atoms with E-state index in [1.54, 1.807) is 0 Å². The summed E-state index contributed by atoms with van der Waals surface area (Å²) in [4.78, 5) is 40.2. The molecule has 0 aromatic heterocycles. The molecule has 0 atom stereocenters. The minimum absolute atomic E-state index is 0. The quantitative estimate of drug-likeness (QED) is 0.274. The van der Waals surface area contributed by atoms with Crippen LogP contribution in [0, 0.1) is 0 Å². The van der Waals surface area contributed by atoms with Crippen LogP contribution >= 0.6 is 23.5 Å². The van der Waals surface area contributed by atoms with E-state index >= 15 is 0 Å². The summed E-state index contributed by atoms with van der Waals surface area (Å²) in [5.74, 6) is 0. The van der Waals surface area contributed by atoms with Crippen molar-refractivity contribution in [2.24, 2.45) is 0 Å². The van der Waals surface area contributed by atoms with Crippen LogP contribution in [0.1, 0.15) is 0 Å². The van der Waals surface area contributed by atoms with Crippen LogP contribution in [0.25, 0.3) is 0 Å². The maximum absolute atomic E-state index is 10.4. The fourth-order valence-corrected chi connectivity index (χ4v) is 2.82. The summed E-state index contributed by atoms with van der Waals surface area (Å²) in [5.41, 5.74) is 0. The van der Waals surface area contributed by atoms with Crippen LogP contribution in [0.5, 0.6) is 0 Å². The molecule has 0 rings (SSSR count). The van der Waals surface area contributed by atoms with E-state index in [0.717, 1.165) is 0 Å². The summed E-state index contributed by atoms with van der Waals surface area (Å²) in [6.07, 6.45) is 0. The molecule has 14 heteroatoms. The van der Waals surface area contributed by atoms with Crippen molar-refractivity contribution in [3.05, 3.63) is 0 Å². The van der Waals surface area contributed by atoms with Gasteiger partial charge in [0.15, 0.2) is 0 Å². The first kappa shape index (κ1) is 17.6. The Bertz CT molecular complexity index is 277. The summed E-state index contributed by atoms with van der Waals surface area (Å²) < 4.78 is 36.4. The second-order valence-electron chi connectivity index (χ2n) is 1.61. The minimum atomic E-state index is -5.46. The van der Waals surface area contributed by atoms with Gasteiger partial charge in [0, 0.05) is 0 Å². The van der Waals surface area contributed by atoms with Gasteiger partial charge in [-0.05, 0) is 0 Å². The maximum atomic E-state index is 10.4. The average molecular weight is 383 g/mol. The first-order valence-corrected chi connectivity index (χ1v) is 6.83. The van der Waals surface area contributed by atoms with Crippen LogP contribution in [0.3, 0.4) is 0 Å². The Hall–Kier alpha value is 1.23. The standard InChI is InChI=1S/H5O10P3.Sb.3H/c1-11(2,3)9-13(7,8)10-12(4,5)6;;;;/h(H,7,8)(H2,1,2,3)(H2,4,5,6);;;;. The van der Waals surface area contributed by atoms with Crippen LogP contribution in [-0.4, -0.2) is 48.9 Å². The molecular formula is H8O10P3Sb. The van der Waals surface area contributed by atoms with Crippen molar-refractivity contribution in [1.29, 1.82) is 0 Å². The molecule has 0 saturated heterocycles. The third kappa shape index (κ3) is 11.3. The molecule has 0 radical (unpaired) electrons. The van der Waals surface area contributed by atoms with Crippen LogP contribution in [0.15, 0.2) is 0 Å². The molecule has 0 heterocycles. The van der Waals surface area contributed by atoms with Gasteiger partial charge in [-0.25, -0.2) is 13.7 Å². The number of phosphoric acid groups is 3. The molecule has 0 amide bonds. The molecule has 0 saturated carbocycles. The predicted octanol–water partition coefficient (Wildman–Crippen LogP) is -1.88. The Kier molecular flexibility index (Phi) is 6.95. The summed E-state index contributed by atoms with van der Waals surface area (Å²) in [5, 5.41) is 0. The monoisotopic (exact) mass is 382 g/mol. The van der Waals surface area contributed by atoms with Gasteiger partial charge < -0.3 is 24.5 Å². The van der Waals surface area contributed by atoms with Crippen LogP contribution in [-0.2, 0) is 22.3 Å². The Morgan fingerprint density at radius 2 is 0.929 bits per heavy atom. The van der Waals surface area contributed by atoms with Crippen LogP contribution in [0.4, 0.5) is 0 Å². The topological polar surface area (TPSA) is 171 Å². The van der Waals surface area contributed by atoms with Gasteiger partial charge in [0.2, 0.25) is 0 Å². The van der Waals surface area contributed by atoms with Crippen molar-refractivity contribution in [3.63, 3.8) is 0 Å². The molecule has 88 valence electrons. The molecule has 0 aliphatic heterocycles. The first-order valence-electron chi connectivity index (χ1n) is 2.28. The predicted molar refractivity (Wildman–Crippen MR) is 46.0 cm³/mol. The average Bonchev–Trinajstić information content (AvgIpc) is 1.43. The molecule has 0 aliphatic carbocycles. The zero-order valence-electron chi connectivity index (χ0n) is 6.33. The first-order chi connectivity index (χ1) is 5.41. The molecule has 10 nitrogen and oxygen atoms in total. The van der Waals surface area contributed by atoms with Gasteiger partial charge in [-0.2, -0.15) is 8.62 Å². The van der Waals surface area contributed by atoms with Gasteiger partial charge in [-0.1, -0.05) is 0 Å². The normalized spacial score (nSPS) is 13.5. The van der Waals surface area contributed by atoms with E-state index in [1.807, 2.05) is 0 Å². The van der Waals surface area contributed by atoms with E-state index in [9.17, 15) is 13.7 Å². The van der Waals surface area contributed by atoms with E-state index in [2.05, 4.69) is 8.62 Å². The van der Waals surface area contributed by atoms with Crippen molar-refractivity contribution in [2.45, 2.75) is 0 Å². The second-order valence-corrected chi connectivity index (χ2v) is 5.82. The molecular weight excluding hydrogens is 375 g/mol. The molecule has 0 aromatic carbocycles. The molecule has 0 bridgehead atoms. The van der Waals surface area contributed by atoms with Crippen LogP contribution in [0.2, 0.25) is 0 Å². The molecule has 5 N–H and O–H groups in total. The summed E-state index contributed by atoms with van der Waals surface area (Å²) in [7, 11) is -16.2. The van der Waals surface area contributed by atoms with Crippen LogP contribution < -0.4 is 0 Å². The molecule has 14 heavy (non-hydrogen) atoms. The van der Waals surface area contributed by atoms with Crippen molar-refractivity contribution in [1.82, 2.24) is 0 Å². The SMILES string of the molecule is O=P(O)(O)OP(=O)(O)OP(=O)(O)O.[SbH3]. The number of rotatable bonds is 4. The fourth-order valence-electron chi connectivity index (χ4n) is 0.284. The fraction of sp³-hybridized carbons (Fsp3) is 0. The van der Waals surface area contributed by atoms with E-state index in [4.69, 9.17) is 24.5 Å². The molecule has 0 aliphatic rings. The van der Waals surface area contributed by atoms with Crippen molar-refractivity contribution < 1.29 is 46.8 Å². The molecule has 0 spiro atoms. The Balaban J connectivity index is 0. The summed E-state index contributed by atoms with van der Waals surface area (Å²) in [6.45, 7) is 0. The zero-order valence-corrected chi connectivity index (χ0v) is 13.0. The third-order valence-corrected chi connectivity index (χ3v) is 3.77. The van der Waals surface area contributed by atoms with E-state index in [0.29, 0.717) is 0 Å². The van der Waals surface area contributed by atoms with E-state index in [1.165, 1.54) is 0 Å². The van der Waals surface area contributed by atoms with Gasteiger partial charge in [0.25, 0.3) is 0 Å². The summed E-state index contributed by atoms with van der Waals surface area (Å²) >= 11 is 0. The number of hydrogen-bond acceptors (Lipinski definition) is 5. The van der Waals surface area contributed by atoms with Gasteiger partial charge in [0.1, 0.15) is 0 Å². The Morgan fingerprint density at radius 1 is 0.714 bits per heavy atom. The van der Waals surface area contributed by atoms with Crippen molar-refractivity contribution in [3.8, 4) is 0 Å². The number of hydrogen-bond donors (Lipinski definition) is 5. The van der Waals surface area contributed by atoms with E-state index in [-0.39, 0.29) is 24.4 Å². The molecule has 0 fully saturated rings. The molecule has 0 unspecified atom stereocenters. The summed E-state index contributed by atoms with van der Waals surface area (Å²) in [6, 6.07) is 0. The Morgan fingerprint density at radius 3 is 1.07 bits per heavy atom. The Labute approximate surface area is 94.8 Å². The van der Waals surface area contributed by atoms with Gasteiger partial charge in [-0.15, -0.1) is 0 Å². The van der Waals surface area contributed by atoms with Gasteiger partial charge in [0.05, 0.1) is 0 Å². The zero-order chi connectivity index (χ0) is 10.9. The van der Waals surface area contributed by atoms with Crippen molar-refractivity contribution >= 4 is 47.9 Å². The van der Waals surface area contributed by atoms with E-state index < -0.39 is 23.5 Å². The third-order valence-electron chi connectivity index (χ3n) is 0.419.